The average Bonchev–Trinajstić information content (AvgIpc) is 2.52. The van der Waals surface area contributed by atoms with Crippen LogP contribution >= 0.6 is 11.8 Å². The molecule has 2 heterocycles. The van der Waals surface area contributed by atoms with Crippen molar-refractivity contribution in [2.45, 2.75) is 71.5 Å². The van der Waals surface area contributed by atoms with Gasteiger partial charge in [-0.15, -0.1) is 11.8 Å². The number of fused-ring (bicyclic) bond motifs is 1. The predicted molar refractivity (Wildman–Crippen MR) is 95.1 cm³/mol. The minimum Gasteiger partial charge on any atom is -0.257 e. The lowest BCUT2D eigenvalue weighted by atomic mass is 9.87. The molecule has 2 atom stereocenters. The first-order valence-corrected chi connectivity index (χ1v) is 9.01. The molecule has 1 nitrogen and oxygen atoms in total. The van der Waals surface area contributed by atoms with Crippen molar-refractivity contribution in [2.75, 3.05) is 0 Å². The molecule has 2 heteroatoms. The Morgan fingerprint density at radius 2 is 1.67 bits per heavy atom. The summed E-state index contributed by atoms with van der Waals surface area (Å²) in [6.45, 7) is 18.2. The van der Waals surface area contributed by atoms with E-state index < -0.39 is 0 Å². The second kappa shape index (κ2) is 6.16. The highest BCUT2D eigenvalue weighted by Crippen LogP contribution is 2.45. The molecular formula is C19H29NS. The van der Waals surface area contributed by atoms with Crippen LogP contribution in [0.1, 0.15) is 70.0 Å². The minimum absolute atomic E-state index is 0.463. The molecule has 0 unspecified atom stereocenters. The fraction of sp³-hybridized carbons (Fsp3) is 0.632. The molecule has 1 aromatic heterocycles. The van der Waals surface area contributed by atoms with Gasteiger partial charge in [-0.2, -0.15) is 0 Å². The molecule has 0 aliphatic carbocycles. The maximum Gasteiger partial charge on any atom is 0.0518 e. The zero-order valence-corrected chi connectivity index (χ0v) is 15.6. The molecule has 0 saturated carbocycles. The molecule has 21 heavy (non-hydrogen) atoms. The first-order chi connectivity index (χ1) is 9.73. The number of allylic oxidation sites excluding steroid dienone is 2. The maximum absolute atomic E-state index is 4.96. The molecule has 0 amide bonds. The smallest absolute Gasteiger partial charge is 0.0518 e. The van der Waals surface area contributed by atoms with E-state index >= 15 is 0 Å². The van der Waals surface area contributed by atoms with Gasteiger partial charge in [0, 0.05) is 21.4 Å². The Morgan fingerprint density at radius 3 is 2.19 bits per heavy atom. The summed E-state index contributed by atoms with van der Waals surface area (Å²) >= 11 is 2.04. The zero-order chi connectivity index (χ0) is 15.9. The van der Waals surface area contributed by atoms with Crippen molar-refractivity contribution in [2.24, 2.45) is 11.8 Å². The molecular weight excluding hydrogens is 274 g/mol. The third kappa shape index (κ3) is 3.06. The van der Waals surface area contributed by atoms with Crippen LogP contribution in [-0.4, -0.2) is 10.2 Å². The van der Waals surface area contributed by atoms with Crippen LogP contribution in [0.5, 0.6) is 0 Å². The van der Waals surface area contributed by atoms with Gasteiger partial charge in [-0.1, -0.05) is 47.6 Å². The molecule has 0 bridgehead atoms. The first kappa shape index (κ1) is 16.6. The van der Waals surface area contributed by atoms with E-state index in [2.05, 4.69) is 61.5 Å². The molecule has 2 rings (SSSR count). The third-order valence-corrected chi connectivity index (χ3v) is 6.15. The van der Waals surface area contributed by atoms with Crippen molar-refractivity contribution in [3.05, 3.63) is 28.6 Å². The van der Waals surface area contributed by atoms with Crippen LogP contribution in [-0.2, 0) is 0 Å². The topological polar surface area (TPSA) is 12.9 Å². The lowest BCUT2D eigenvalue weighted by Gasteiger charge is -2.23. The van der Waals surface area contributed by atoms with E-state index in [0.29, 0.717) is 23.0 Å². The molecule has 0 aromatic carbocycles. The highest BCUT2D eigenvalue weighted by molar-refractivity contribution is 8.00. The van der Waals surface area contributed by atoms with Crippen LogP contribution in [0, 0.1) is 25.7 Å². The number of pyridine rings is 1. The van der Waals surface area contributed by atoms with Gasteiger partial charge in [-0.25, -0.2) is 0 Å². The van der Waals surface area contributed by atoms with E-state index in [4.69, 9.17) is 4.98 Å². The molecule has 0 spiro atoms. The van der Waals surface area contributed by atoms with Gasteiger partial charge in [-0.05, 0) is 42.7 Å². The molecule has 1 aliphatic heterocycles. The molecule has 1 aliphatic rings. The van der Waals surface area contributed by atoms with Gasteiger partial charge in [0.05, 0.1) is 5.69 Å². The number of aromatic nitrogens is 1. The SMILES string of the molecule is Cc1nc(C(C)C)c2c(c1C)S[C@H](C)[C@H](C)C=C2C(C)C. The van der Waals surface area contributed by atoms with Gasteiger partial charge < -0.3 is 0 Å². The number of hydrogen-bond donors (Lipinski definition) is 0. The van der Waals surface area contributed by atoms with E-state index in [1.807, 2.05) is 11.8 Å². The average molecular weight is 304 g/mol. The summed E-state index contributed by atoms with van der Waals surface area (Å²) in [6, 6.07) is 0. The minimum atomic E-state index is 0.463. The first-order valence-electron chi connectivity index (χ1n) is 8.13. The second-order valence-electron chi connectivity index (χ2n) is 7.03. The van der Waals surface area contributed by atoms with Crippen molar-refractivity contribution >= 4 is 17.3 Å². The highest BCUT2D eigenvalue weighted by Gasteiger charge is 2.28. The number of nitrogens with zero attached hydrogens (tertiary/aromatic N) is 1. The van der Waals surface area contributed by atoms with Crippen LogP contribution in [0.4, 0.5) is 0 Å². The summed E-state index contributed by atoms with van der Waals surface area (Å²) < 4.78 is 0. The summed E-state index contributed by atoms with van der Waals surface area (Å²) in [6.07, 6.45) is 2.50. The zero-order valence-electron chi connectivity index (χ0n) is 14.7. The quantitative estimate of drug-likeness (QED) is 0.665. The predicted octanol–water partition coefficient (Wildman–Crippen LogP) is 5.99. The van der Waals surface area contributed by atoms with Gasteiger partial charge in [0.15, 0.2) is 0 Å². The van der Waals surface area contributed by atoms with Crippen LogP contribution in [0.2, 0.25) is 0 Å². The molecule has 0 fully saturated rings. The van der Waals surface area contributed by atoms with Crippen LogP contribution in [0.3, 0.4) is 0 Å². The Hall–Kier alpha value is -0.760. The molecule has 1 aromatic rings. The Morgan fingerprint density at radius 1 is 1.05 bits per heavy atom. The highest BCUT2D eigenvalue weighted by atomic mass is 32.2. The molecule has 0 radical (unpaired) electrons. The summed E-state index contributed by atoms with van der Waals surface area (Å²) in [7, 11) is 0. The lowest BCUT2D eigenvalue weighted by molar-refractivity contribution is 0.711. The number of thioether (sulfide) groups is 1. The van der Waals surface area contributed by atoms with Gasteiger partial charge in [0.25, 0.3) is 0 Å². The molecule has 0 saturated heterocycles. The van der Waals surface area contributed by atoms with E-state index in [0.717, 1.165) is 0 Å². The number of aryl methyl sites for hydroxylation is 1. The summed E-state index contributed by atoms with van der Waals surface area (Å²) in [4.78, 5) is 6.43. The number of rotatable bonds is 2. The van der Waals surface area contributed by atoms with Crippen molar-refractivity contribution in [1.82, 2.24) is 4.98 Å². The largest absolute Gasteiger partial charge is 0.257 e. The van der Waals surface area contributed by atoms with Gasteiger partial charge in [0.1, 0.15) is 0 Å². The lowest BCUT2D eigenvalue weighted by Crippen LogP contribution is -2.08. The van der Waals surface area contributed by atoms with E-state index in [9.17, 15) is 0 Å². The molecule has 0 N–H and O–H groups in total. The Bertz CT molecular complexity index is 569. The summed E-state index contributed by atoms with van der Waals surface area (Å²) in [5.41, 5.74) is 6.77. The van der Waals surface area contributed by atoms with E-state index in [1.165, 1.54) is 33.0 Å². The summed E-state index contributed by atoms with van der Waals surface area (Å²) in [5.74, 6) is 1.60. The number of hydrogen-bond acceptors (Lipinski definition) is 2. The van der Waals surface area contributed by atoms with Gasteiger partial charge in [-0.3, -0.25) is 4.98 Å². The monoisotopic (exact) mass is 303 g/mol. The van der Waals surface area contributed by atoms with Crippen LogP contribution < -0.4 is 0 Å². The Kier molecular flexibility index (Phi) is 4.87. The van der Waals surface area contributed by atoms with Crippen molar-refractivity contribution in [3.8, 4) is 0 Å². The van der Waals surface area contributed by atoms with Crippen LogP contribution in [0.15, 0.2) is 11.0 Å². The standard InChI is InChI=1S/C19H29NS/c1-10(2)16-9-12(5)15(8)21-19-13(6)14(7)20-18(11(3)4)17(16)19/h9-12,15H,1-8H3/t12-,15-/m1/s1. The van der Waals surface area contributed by atoms with Crippen LogP contribution in [0.25, 0.3) is 5.57 Å². The Labute approximate surface area is 134 Å². The van der Waals surface area contributed by atoms with Gasteiger partial charge in [0.2, 0.25) is 0 Å². The Balaban J connectivity index is 2.81. The second-order valence-corrected chi connectivity index (χ2v) is 8.41. The van der Waals surface area contributed by atoms with E-state index in [-0.39, 0.29) is 0 Å². The third-order valence-electron chi connectivity index (χ3n) is 4.60. The normalized spacial score (nSPS) is 22.3. The van der Waals surface area contributed by atoms with Gasteiger partial charge >= 0.3 is 0 Å². The fourth-order valence-corrected chi connectivity index (χ4v) is 4.24. The maximum atomic E-state index is 4.96. The van der Waals surface area contributed by atoms with Crippen molar-refractivity contribution < 1.29 is 0 Å². The molecule has 116 valence electrons. The fourth-order valence-electron chi connectivity index (χ4n) is 2.91. The van der Waals surface area contributed by atoms with Crippen molar-refractivity contribution in [3.63, 3.8) is 0 Å². The van der Waals surface area contributed by atoms with E-state index in [1.54, 1.807) is 0 Å². The summed E-state index contributed by atoms with van der Waals surface area (Å²) in [5, 5.41) is 0.612. The van der Waals surface area contributed by atoms with Crippen molar-refractivity contribution in [1.29, 1.82) is 0 Å².